The molecule has 9 heavy (non-hydrogen) atoms. The molecular weight excluding hydrogens is 112 g/mol. The first kappa shape index (κ1) is 8.28. The molecule has 0 fully saturated rings. The van der Waals surface area contributed by atoms with Crippen molar-refractivity contribution >= 4 is 0 Å². The molecule has 0 aromatic rings. The molecule has 0 saturated heterocycles. The minimum Gasteiger partial charge on any atom is -0.513 e. The lowest BCUT2D eigenvalue weighted by Crippen LogP contribution is -1.70. The summed E-state index contributed by atoms with van der Waals surface area (Å²) in [5.74, 6) is 0.364. The Morgan fingerprint density at radius 1 is 1.33 bits per heavy atom. The van der Waals surface area contributed by atoms with Gasteiger partial charge in [-0.1, -0.05) is 18.6 Å². The molecule has 0 saturated carbocycles. The van der Waals surface area contributed by atoms with Gasteiger partial charge in [0.15, 0.2) is 0 Å². The zero-order chi connectivity index (χ0) is 7.28. The van der Waals surface area contributed by atoms with E-state index in [9.17, 15) is 0 Å². The van der Waals surface area contributed by atoms with Gasteiger partial charge >= 0.3 is 0 Å². The van der Waals surface area contributed by atoms with Crippen LogP contribution in [-0.4, -0.2) is 5.11 Å². The van der Waals surface area contributed by atoms with E-state index >= 15 is 0 Å². The van der Waals surface area contributed by atoms with E-state index in [-0.39, 0.29) is 0 Å². The summed E-state index contributed by atoms with van der Waals surface area (Å²) in [6, 6.07) is 0. The van der Waals surface area contributed by atoms with Gasteiger partial charge in [-0.2, -0.15) is 0 Å². The molecule has 0 aromatic carbocycles. The molecule has 1 nitrogen and oxygen atoms in total. The van der Waals surface area contributed by atoms with Gasteiger partial charge in [0.25, 0.3) is 0 Å². The summed E-state index contributed by atoms with van der Waals surface area (Å²) in [4.78, 5) is 0. The average molecular weight is 126 g/mol. The van der Waals surface area contributed by atoms with Crippen LogP contribution in [0.4, 0.5) is 0 Å². The zero-order valence-electron chi connectivity index (χ0n) is 6.31. The smallest absolute Gasteiger partial charge is 0.0891 e. The second-order valence-corrected chi connectivity index (χ2v) is 2.17. The van der Waals surface area contributed by atoms with Crippen LogP contribution in [0.2, 0.25) is 0 Å². The highest BCUT2D eigenvalue weighted by atomic mass is 16.3. The van der Waals surface area contributed by atoms with Gasteiger partial charge in [-0.05, 0) is 26.3 Å². The van der Waals surface area contributed by atoms with Crippen molar-refractivity contribution in [2.45, 2.75) is 27.2 Å². The van der Waals surface area contributed by atoms with Crippen LogP contribution in [0.25, 0.3) is 0 Å². The molecule has 0 aliphatic heterocycles. The first-order valence-electron chi connectivity index (χ1n) is 3.19. The molecule has 0 aliphatic carbocycles. The lowest BCUT2D eigenvalue weighted by atomic mass is 10.2. The molecule has 0 aliphatic rings. The first-order chi connectivity index (χ1) is 4.16. The van der Waals surface area contributed by atoms with Crippen LogP contribution in [0, 0.1) is 0 Å². The third-order valence-corrected chi connectivity index (χ3v) is 1.17. The van der Waals surface area contributed by atoms with Crippen LogP contribution in [0.3, 0.4) is 0 Å². The summed E-state index contributed by atoms with van der Waals surface area (Å²) < 4.78 is 0. The van der Waals surface area contributed by atoms with Gasteiger partial charge in [-0.3, -0.25) is 0 Å². The molecule has 0 atom stereocenters. The number of rotatable bonds is 2. The Balaban J connectivity index is 3.83. The average Bonchev–Trinajstić information content (AvgIpc) is 1.83. The number of aliphatic hydroxyl groups excluding tert-OH is 1. The maximum atomic E-state index is 8.71. The van der Waals surface area contributed by atoms with E-state index in [2.05, 4.69) is 6.92 Å². The predicted molar refractivity (Wildman–Crippen MR) is 40.4 cm³/mol. The number of aliphatic hydroxyl groups is 1. The first-order valence-corrected chi connectivity index (χ1v) is 3.19. The minimum atomic E-state index is 0.364. The lowest BCUT2D eigenvalue weighted by Gasteiger charge is -1.89. The van der Waals surface area contributed by atoms with E-state index in [0.717, 1.165) is 6.42 Å². The molecule has 0 spiro atoms. The van der Waals surface area contributed by atoms with Crippen molar-refractivity contribution in [2.24, 2.45) is 0 Å². The molecule has 0 bridgehead atoms. The number of allylic oxidation sites excluding steroid dienone is 4. The molecular formula is C8H14O. The SMILES string of the molecule is CC/C(C)=C\C=C(/C)O. The second kappa shape index (κ2) is 4.19. The number of hydrogen-bond donors (Lipinski definition) is 1. The zero-order valence-corrected chi connectivity index (χ0v) is 6.31. The highest BCUT2D eigenvalue weighted by molar-refractivity contribution is 5.11. The summed E-state index contributed by atoms with van der Waals surface area (Å²) in [6.07, 6.45) is 4.68. The standard InChI is InChI=1S/C8H14O/c1-4-7(2)5-6-8(3)9/h5-6,9H,4H2,1-3H3/b7-5-,8-6+. The third-order valence-electron chi connectivity index (χ3n) is 1.17. The van der Waals surface area contributed by atoms with Gasteiger partial charge in [0.2, 0.25) is 0 Å². The molecule has 0 rings (SSSR count). The van der Waals surface area contributed by atoms with Crippen LogP contribution < -0.4 is 0 Å². The minimum absolute atomic E-state index is 0.364. The largest absolute Gasteiger partial charge is 0.513 e. The van der Waals surface area contributed by atoms with Crippen LogP contribution in [0.1, 0.15) is 27.2 Å². The van der Waals surface area contributed by atoms with Crippen molar-refractivity contribution in [1.82, 2.24) is 0 Å². The van der Waals surface area contributed by atoms with E-state index in [0.29, 0.717) is 5.76 Å². The molecule has 0 heterocycles. The highest BCUT2D eigenvalue weighted by Gasteiger charge is 1.79. The van der Waals surface area contributed by atoms with Gasteiger partial charge in [0.05, 0.1) is 5.76 Å². The monoisotopic (exact) mass is 126 g/mol. The fourth-order valence-corrected chi connectivity index (χ4v) is 0.381. The summed E-state index contributed by atoms with van der Waals surface area (Å²) >= 11 is 0. The molecule has 1 heteroatoms. The third kappa shape index (κ3) is 5.15. The van der Waals surface area contributed by atoms with E-state index in [4.69, 9.17) is 5.11 Å². The van der Waals surface area contributed by atoms with Gasteiger partial charge in [-0.15, -0.1) is 0 Å². The Kier molecular flexibility index (Phi) is 3.85. The van der Waals surface area contributed by atoms with Crippen LogP contribution in [-0.2, 0) is 0 Å². The quantitative estimate of drug-likeness (QED) is 0.445. The van der Waals surface area contributed by atoms with Gasteiger partial charge in [-0.25, -0.2) is 0 Å². The topological polar surface area (TPSA) is 20.2 Å². The van der Waals surface area contributed by atoms with Gasteiger partial charge < -0.3 is 5.11 Å². The molecule has 0 amide bonds. The van der Waals surface area contributed by atoms with Crippen molar-refractivity contribution in [3.8, 4) is 0 Å². The van der Waals surface area contributed by atoms with E-state index in [1.807, 2.05) is 13.0 Å². The Morgan fingerprint density at radius 3 is 2.22 bits per heavy atom. The van der Waals surface area contributed by atoms with E-state index < -0.39 is 0 Å². The van der Waals surface area contributed by atoms with Crippen molar-refractivity contribution < 1.29 is 5.11 Å². The maximum Gasteiger partial charge on any atom is 0.0891 e. The molecule has 52 valence electrons. The number of hydrogen-bond acceptors (Lipinski definition) is 1. The van der Waals surface area contributed by atoms with Crippen molar-refractivity contribution in [2.75, 3.05) is 0 Å². The molecule has 1 N–H and O–H groups in total. The Hall–Kier alpha value is -0.720. The van der Waals surface area contributed by atoms with E-state index in [1.165, 1.54) is 5.57 Å². The Bertz CT molecular complexity index is 128. The van der Waals surface area contributed by atoms with Gasteiger partial charge in [0.1, 0.15) is 0 Å². The lowest BCUT2D eigenvalue weighted by molar-refractivity contribution is 0.414. The molecule has 0 radical (unpaired) electrons. The molecule has 0 aromatic heterocycles. The Labute approximate surface area is 56.7 Å². The van der Waals surface area contributed by atoms with E-state index in [1.54, 1.807) is 13.0 Å². The Morgan fingerprint density at radius 2 is 1.89 bits per heavy atom. The maximum absolute atomic E-state index is 8.71. The van der Waals surface area contributed by atoms with Crippen LogP contribution >= 0.6 is 0 Å². The molecule has 0 unspecified atom stereocenters. The van der Waals surface area contributed by atoms with Gasteiger partial charge in [0, 0.05) is 0 Å². The summed E-state index contributed by atoms with van der Waals surface area (Å²) in [5, 5.41) is 8.71. The van der Waals surface area contributed by atoms with Crippen molar-refractivity contribution in [3.63, 3.8) is 0 Å². The normalized spacial score (nSPS) is 14.1. The fraction of sp³-hybridized carbons (Fsp3) is 0.500. The van der Waals surface area contributed by atoms with Crippen molar-refractivity contribution in [1.29, 1.82) is 0 Å². The second-order valence-electron chi connectivity index (χ2n) is 2.17. The highest BCUT2D eigenvalue weighted by Crippen LogP contribution is 1.98. The predicted octanol–water partition coefficient (Wildman–Crippen LogP) is 2.80. The summed E-state index contributed by atoms with van der Waals surface area (Å²) in [7, 11) is 0. The summed E-state index contributed by atoms with van der Waals surface area (Å²) in [6.45, 7) is 5.80. The fourth-order valence-electron chi connectivity index (χ4n) is 0.381. The van der Waals surface area contributed by atoms with Crippen LogP contribution in [0.15, 0.2) is 23.5 Å². The summed E-state index contributed by atoms with van der Waals surface area (Å²) in [5.41, 5.74) is 1.28. The van der Waals surface area contributed by atoms with Crippen molar-refractivity contribution in [3.05, 3.63) is 23.5 Å². The van der Waals surface area contributed by atoms with Crippen LogP contribution in [0.5, 0.6) is 0 Å².